The van der Waals surface area contributed by atoms with Crippen molar-refractivity contribution >= 4 is 0 Å². The average molecular weight is 142 g/mol. The second-order valence-corrected chi connectivity index (χ2v) is 2.64. The molecule has 10 heavy (non-hydrogen) atoms. The van der Waals surface area contributed by atoms with E-state index in [-0.39, 0.29) is 6.04 Å². The van der Waals surface area contributed by atoms with Gasteiger partial charge in [0.15, 0.2) is 0 Å². The lowest BCUT2D eigenvalue weighted by Crippen LogP contribution is -2.26. The van der Waals surface area contributed by atoms with Crippen molar-refractivity contribution in [2.45, 2.75) is 31.8 Å². The molecule has 58 valence electrons. The zero-order valence-corrected chi connectivity index (χ0v) is 6.25. The van der Waals surface area contributed by atoms with Crippen LogP contribution in [-0.4, -0.2) is 18.6 Å². The molecule has 3 N–H and O–H groups in total. The van der Waals surface area contributed by atoms with Gasteiger partial charge in [0.25, 0.3) is 0 Å². The summed E-state index contributed by atoms with van der Waals surface area (Å²) in [6.07, 6.45) is 1.97. The molecule has 0 bridgehead atoms. The van der Waals surface area contributed by atoms with Gasteiger partial charge in [0.2, 0.25) is 0 Å². The van der Waals surface area contributed by atoms with Gasteiger partial charge in [0, 0.05) is 6.04 Å². The number of rotatable bonds is 3. The Kier molecular flexibility index (Phi) is 2.62. The van der Waals surface area contributed by atoms with Gasteiger partial charge >= 0.3 is 0 Å². The van der Waals surface area contributed by atoms with Crippen LogP contribution in [0.15, 0.2) is 10.3 Å². The van der Waals surface area contributed by atoms with Crippen molar-refractivity contribution in [2.24, 2.45) is 16.1 Å². The molecule has 1 heterocycles. The first kappa shape index (κ1) is 7.47. The van der Waals surface area contributed by atoms with Crippen molar-refractivity contribution in [1.82, 2.24) is 5.43 Å². The van der Waals surface area contributed by atoms with Crippen LogP contribution in [0.25, 0.3) is 0 Å². The standard InChI is InChI=1S/C6H14N4/c1-2-5(7)3-6-4-8-10-9-6/h5-6H,2-4,7H2,1H3,(H,8,9). The van der Waals surface area contributed by atoms with Gasteiger partial charge in [-0.3, -0.25) is 5.43 Å². The van der Waals surface area contributed by atoms with Gasteiger partial charge in [-0.25, -0.2) is 0 Å². The molecule has 0 saturated heterocycles. The van der Waals surface area contributed by atoms with Crippen LogP contribution in [0.1, 0.15) is 19.8 Å². The molecule has 0 fully saturated rings. The first-order valence-electron chi connectivity index (χ1n) is 3.71. The summed E-state index contributed by atoms with van der Waals surface area (Å²) in [5.41, 5.74) is 8.53. The number of hydrogen-bond donors (Lipinski definition) is 2. The summed E-state index contributed by atoms with van der Waals surface area (Å²) >= 11 is 0. The second-order valence-electron chi connectivity index (χ2n) is 2.64. The van der Waals surface area contributed by atoms with Gasteiger partial charge in [-0.2, -0.15) is 5.11 Å². The van der Waals surface area contributed by atoms with Crippen molar-refractivity contribution in [3.8, 4) is 0 Å². The Morgan fingerprint density at radius 1 is 1.80 bits per heavy atom. The maximum Gasteiger partial charge on any atom is 0.0933 e. The minimum atomic E-state index is 0.281. The highest BCUT2D eigenvalue weighted by molar-refractivity contribution is 4.75. The Morgan fingerprint density at radius 2 is 2.60 bits per heavy atom. The molecule has 0 amide bonds. The fourth-order valence-corrected chi connectivity index (χ4v) is 0.956. The maximum atomic E-state index is 5.72. The molecule has 2 atom stereocenters. The Morgan fingerprint density at radius 3 is 3.10 bits per heavy atom. The minimum Gasteiger partial charge on any atom is -0.328 e. The van der Waals surface area contributed by atoms with E-state index >= 15 is 0 Å². The van der Waals surface area contributed by atoms with Crippen LogP contribution in [0.3, 0.4) is 0 Å². The van der Waals surface area contributed by atoms with Gasteiger partial charge in [-0.15, -0.1) is 0 Å². The molecule has 4 heteroatoms. The first-order valence-corrected chi connectivity index (χ1v) is 3.71. The average Bonchev–Trinajstić information content (AvgIpc) is 2.40. The SMILES string of the molecule is CCC(N)CC1CNN=N1. The molecule has 0 aromatic heterocycles. The van der Waals surface area contributed by atoms with Crippen molar-refractivity contribution < 1.29 is 0 Å². The van der Waals surface area contributed by atoms with E-state index in [0.717, 1.165) is 19.4 Å². The van der Waals surface area contributed by atoms with Crippen molar-refractivity contribution in [2.75, 3.05) is 6.54 Å². The van der Waals surface area contributed by atoms with Crippen LogP contribution in [0.2, 0.25) is 0 Å². The van der Waals surface area contributed by atoms with Crippen LogP contribution < -0.4 is 11.2 Å². The minimum absolute atomic E-state index is 0.281. The zero-order valence-electron chi connectivity index (χ0n) is 6.25. The van der Waals surface area contributed by atoms with E-state index < -0.39 is 0 Å². The smallest absolute Gasteiger partial charge is 0.0933 e. The topological polar surface area (TPSA) is 62.8 Å². The fraction of sp³-hybridized carbons (Fsp3) is 1.00. The molecule has 1 aliphatic rings. The monoisotopic (exact) mass is 142 g/mol. The molecular weight excluding hydrogens is 128 g/mol. The summed E-state index contributed by atoms with van der Waals surface area (Å²) in [5.74, 6) is 0. The molecule has 0 aromatic carbocycles. The molecule has 1 rings (SSSR count). The Balaban J connectivity index is 2.18. The highest BCUT2D eigenvalue weighted by atomic mass is 15.5. The normalized spacial score (nSPS) is 26.4. The Bertz CT molecular complexity index is 123. The van der Waals surface area contributed by atoms with E-state index in [1.807, 2.05) is 0 Å². The first-order chi connectivity index (χ1) is 4.83. The quantitative estimate of drug-likeness (QED) is 0.601. The van der Waals surface area contributed by atoms with Gasteiger partial charge in [-0.1, -0.05) is 12.1 Å². The number of hydrogen-bond acceptors (Lipinski definition) is 4. The lowest BCUT2D eigenvalue weighted by atomic mass is 10.1. The highest BCUT2D eigenvalue weighted by Crippen LogP contribution is 2.06. The molecule has 0 spiro atoms. The predicted molar refractivity (Wildman–Crippen MR) is 39.5 cm³/mol. The summed E-state index contributed by atoms with van der Waals surface area (Å²) < 4.78 is 0. The number of nitrogens with two attached hydrogens (primary N) is 1. The molecule has 0 aliphatic carbocycles. The third-order valence-electron chi connectivity index (χ3n) is 1.72. The molecular formula is C6H14N4. The van der Waals surface area contributed by atoms with Crippen molar-refractivity contribution in [3.05, 3.63) is 0 Å². The van der Waals surface area contributed by atoms with E-state index in [2.05, 4.69) is 22.7 Å². The number of nitrogens with one attached hydrogen (secondary N) is 1. The van der Waals surface area contributed by atoms with Crippen molar-refractivity contribution in [3.63, 3.8) is 0 Å². The predicted octanol–water partition coefficient (Wildman–Crippen LogP) is 0.453. The third-order valence-corrected chi connectivity index (χ3v) is 1.72. The van der Waals surface area contributed by atoms with Crippen molar-refractivity contribution in [1.29, 1.82) is 0 Å². The van der Waals surface area contributed by atoms with E-state index in [1.54, 1.807) is 0 Å². The van der Waals surface area contributed by atoms with Gasteiger partial charge in [0.1, 0.15) is 0 Å². The van der Waals surface area contributed by atoms with Crippen LogP contribution in [0.5, 0.6) is 0 Å². The van der Waals surface area contributed by atoms with E-state index in [1.165, 1.54) is 0 Å². The zero-order chi connectivity index (χ0) is 7.40. The third kappa shape index (κ3) is 1.95. The summed E-state index contributed by atoms with van der Waals surface area (Å²) in [4.78, 5) is 0. The Labute approximate surface area is 60.9 Å². The van der Waals surface area contributed by atoms with Crippen LogP contribution in [0.4, 0.5) is 0 Å². The second kappa shape index (κ2) is 3.51. The van der Waals surface area contributed by atoms with Gasteiger partial charge in [0.05, 0.1) is 12.6 Å². The molecule has 1 aliphatic heterocycles. The lowest BCUT2D eigenvalue weighted by molar-refractivity contribution is 0.523. The fourth-order valence-electron chi connectivity index (χ4n) is 0.956. The van der Waals surface area contributed by atoms with Crippen LogP contribution >= 0.6 is 0 Å². The van der Waals surface area contributed by atoms with Crippen LogP contribution in [-0.2, 0) is 0 Å². The van der Waals surface area contributed by atoms with Crippen LogP contribution in [0, 0.1) is 0 Å². The molecule has 0 aromatic rings. The lowest BCUT2D eigenvalue weighted by Gasteiger charge is -2.09. The summed E-state index contributed by atoms with van der Waals surface area (Å²) in [5, 5.41) is 7.63. The molecule has 4 nitrogen and oxygen atoms in total. The summed E-state index contributed by atoms with van der Waals surface area (Å²) in [6.45, 7) is 2.94. The highest BCUT2D eigenvalue weighted by Gasteiger charge is 2.14. The molecule has 0 radical (unpaired) electrons. The number of nitrogens with zero attached hydrogens (tertiary/aromatic N) is 2. The Hall–Kier alpha value is -0.640. The molecule has 2 unspecified atom stereocenters. The summed E-state index contributed by atoms with van der Waals surface area (Å²) in [6, 6.07) is 0.596. The maximum absolute atomic E-state index is 5.72. The van der Waals surface area contributed by atoms with E-state index in [0.29, 0.717) is 6.04 Å². The van der Waals surface area contributed by atoms with E-state index in [4.69, 9.17) is 5.73 Å². The summed E-state index contributed by atoms with van der Waals surface area (Å²) in [7, 11) is 0. The molecule has 0 saturated carbocycles. The van der Waals surface area contributed by atoms with Gasteiger partial charge < -0.3 is 5.73 Å². The van der Waals surface area contributed by atoms with Gasteiger partial charge in [-0.05, 0) is 12.8 Å². The largest absolute Gasteiger partial charge is 0.328 e. The van der Waals surface area contributed by atoms with E-state index in [9.17, 15) is 0 Å².